The van der Waals surface area contributed by atoms with E-state index in [0.717, 1.165) is 0 Å². The van der Waals surface area contributed by atoms with Crippen LogP contribution >= 0.6 is 0 Å². The number of nitriles is 1. The maximum Gasteiger partial charge on any atom is 0.451 e. The zero-order valence-electron chi connectivity index (χ0n) is 8.39. The highest BCUT2D eigenvalue weighted by atomic mass is 16.4. The Morgan fingerprint density at radius 2 is 2.07 bits per heavy atom. The Morgan fingerprint density at radius 1 is 1.47 bits per heavy atom. The fourth-order valence-electron chi connectivity index (χ4n) is 1.18. The van der Waals surface area contributed by atoms with Gasteiger partial charge >= 0.3 is 13.1 Å². The lowest BCUT2D eigenvalue weighted by Gasteiger charge is -2.21. The molecule has 15 heavy (non-hydrogen) atoms. The predicted octanol–water partition coefficient (Wildman–Crippen LogP) is -0.675. The molecule has 0 saturated heterocycles. The Kier molecular flexibility index (Phi) is 5.93. The molecule has 6 nitrogen and oxygen atoms in total. The average Bonchev–Trinajstić information content (AvgIpc) is 2.12. The van der Waals surface area contributed by atoms with E-state index in [1.54, 1.807) is 6.07 Å². The van der Waals surface area contributed by atoms with E-state index < -0.39 is 18.6 Å². The largest absolute Gasteiger partial charge is 0.480 e. The third-order valence-electron chi connectivity index (χ3n) is 2.16. The van der Waals surface area contributed by atoms with Crippen molar-refractivity contribution in [2.24, 2.45) is 5.73 Å². The van der Waals surface area contributed by atoms with Crippen LogP contribution in [0.5, 0.6) is 0 Å². The summed E-state index contributed by atoms with van der Waals surface area (Å²) >= 11 is 0. The first-order chi connectivity index (χ1) is 6.92. The van der Waals surface area contributed by atoms with Crippen molar-refractivity contribution in [1.29, 1.82) is 5.26 Å². The lowest BCUT2D eigenvalue weighted by atomic mass is 9.81. The molecule has 7 heteroatoms. The number of hydrogen-bond acceptors (Lipinski definition) is 5. The van der Waals surface area contributed by atoms with Crippen molar-refractivity contribution in [3.63, 3.8) is 0 Å². The number of carbonyl (C=O) groups is 1. The van der Waals surface area contributed by atoms with Gasteiger partial charge in [-0.05, 0) is 12.7 Å². The first kappa shape index (κ1) is 13.9. The molecule has 84 valence electrons. The molecule has 1 unspecified atom stereocenters. The van der Waals surface area contributed by atoms with Crippen LogP contribution in [0.3, 0.4) is 0 Å². The molecule has 0 rings (SSSR count). The van der Waals surface area contributed by atoms with E-state index in [4.69, 9.17) is 26.2 Å². The third kappa shape index (κ3) is 5.37. The molecule has 0 heterocycles. The molecule has 0 amide bonds. The minimum atomic E-state index is -1.52. The molecule has 1 atom stereocenters. The van der Waals surface area contributed by atoms with Crippen LogP contribution in [0.1, 0.15) is 25.7 Å². The molecular weight excluding hydrogens is 199 g/mol. The van der Waals surface area contributed by atoms with E-state index in [9.17, 15) is 4.79 Å². The minimum absolute atomic E-state index is 0.155. The molecule has 0 aliphatic rings. The average molecular weight is 214 g/mol. The van der Waals surface area contributed by atoms with Crippen LogP contribution in [0.15, 0.2) is 0 Å². The molecule has 0 aliphatic carbocycles. The van der Waals surface area contributed by atoms with Gasteiger partial charge in [0.15, 0.2) is 0 Å². The summed E-state index contributed by atoms with van der Waals surface area (Å²) in [6, 6.07) is 1.73. The molecule has 0 radical (unpaired) electrons. The molecule has 0 fully saturated rings. The number of carboxylic acid groups (broad SMARTS) is 1. The maximum absolute atomic E-state index is 10.8. The lowest BCUT2D eigenvalue weighted by molar-refractivity contribution is -0.143. The summed E-state index contributed by atoms with van der Waals surface area (Å²) in [6.07, 6.45) is 1.01. The SMILES string of the molecule is N#CCC(N)(CCCCB(O)O)C(=O)O. The number of unbranched alkanes of at least 4 members (excludes halogenated alkanes) is 1. The van der Waals surface area contributed by atoms with Crippen molar-refractivity contribution >= 4 is 13.1 Å². The number of hydrogen-bond donors (Lipinski definition) is 4. The minimum Gasteiger partial charge on any atom is -0.480 e. The summed E-state index contributed by atoms with van der Waals surface area (Å²) in [5.41, 5.74) is 4.00. The van der Waals surface area contributed by atoms with Gasteiger partial charge in [0.25, 0.3) is 0 Å². The summed E-state index contributed by atoms with van der Waals surface area (Å²) in [6.45, 7) is 0. The van der Waals surface area contributed by atoms with Gasteiger partial charge in [0.05, 0.1) is 12.5 Å². The van der Waals surface area contributed by atoms with Crippen molar-refractivity contribution in [2.75, 3.05) is 0 Å². The van der Waals surface area contributed by atoms with Gasteiger partial charge in [-0.15, -0.1) is 0 Å². The van der Waals surface area contributed by atoms with Crippen molar-refractivity contribution in [3.8, 4) is 6.07 Å². The number of aliphatic carboxylic acids is 1. The highest BCUT2D eigenvalue weighted by Crippen LogP contribution is 2.16. The van der Waals surface area contributed by atoms with E-state index >= 15 is 0 Å². The van der Waals surface area contributed by atoms with Crippen molar-refractivity contribution in [2.45, 2.75) is 37.5 Å². The standard InChI is InChI=1S/C8H15BN2O4/c10-6-4-8(11,7(12)13)3-1-2-5-9(14)15/h14-15H,1-5,11H2,(H,12,13). The highest BCUT2D eigenvalue weighted by Gasteiger charge is 2.33. The molecular formula is C8H15BN2O4. The second kappa shape index (κ2) is 6.40. The Hall–Kier alpha value is -1.10. The molecule has 0 bridgehead atoms. The van der Waals surface area contributed by atoms with E-state index in [0.29, 0.717) is 12.8 Å². The summed E-state index contributed by atoms with van der Waals surface area (Å²) in [7, 11) is -1.38. The second-order valence-corrected chi connectivity index (χ2v) is 3.52. The molecule has 0 aromatic rings. The van der Waals surface area contributed by atoms with Gasteiger partial charge in [-0.25, -0.2) is 0 Å². The molecule has 0 spiro atoms. The lowest BCUT2D eigenvalue weighted by Crippen LogP contribution is -2.47. The van der Waals surface area contributed by atoms with Crippen LogP contribution < -0.4 is 5.73 Å². The van der Waals surface area contributed by atoms with Gasteiger partial charge in [-0.3, -0.25) is 4.79 Å². The fraction of sp³-hybridized carbons (Fsp3) is 0.750. The quantitative estimate of drug-likeness (QED) is 0.328. The van der Waals surface area contributed by atoms with E-state index in [-0.39, 0.29) is 19.2 Å². The van der Waals surface area contributed by atoms with Gasteiger partial charge in [0.1, 0.15) is 5.54 Å². The maximum atomic E-state index is 10.8. The first-order valence-electron chi connectivity index (χ1n) is 4.68. The van der Waals surface area contributed by atoms with E-state index in [2.05, 4.69) is 0 Å². The van der Waals surface area contributed by atoms with Crippen LogP contribution in [0.2, 0.25) is 6.32 Å². The predicted molar refractivity (Wildman–Crippen MR) is 53.6 cm³/mol. The van der Waals surface area contributed by atoms with E-state index in [1.807, 2.05) is 0 Å². The molecule has 5 N–H and O–H groups in total. The number of rotatable bonds is 7. The Bertz CT molecular complexity index is 254. The Morgan fingerprint density at radius 3 is 2.47 bits per heavy atom. The topological polar surface area (TPSA) is 128 Å². The monoisotopic (exact) mass is 214 g/mol. The summed E-state index contributed by atoms with van der Waals surface area (Å²) < 4.78 is 0. The van der Waals surface area contributed by atoms with Gasteiger partial charge in [0.2, 0.25) is 0 Å². The summed E-state index contributed by atoms with van der Waals surface area (Å²) in [5, 5.41) is 34.3. The van der Waals surface area contributed by atoms with Crippen LogP contribution in [-0.4, -0.2) is 33.8 Å². The van der Waals surface area contributed by atoms with Gasteiger partial charge in [-0.1, -0.05) is 12.8 Å². The van der Waals surface area contributed by atoms with Crippen LogP contribution in [0.4, 0.5) is 0 Å². The smallest absolute Gasteiger partial charge is 0.451 e. The fourth-order valence-corrected chi connectivity index (χ4v) is 1.18. The normalized spacial score (nSPS) is 14.0. The summed E-state index contributed by atoms with van der Waals surface area (Å²) in [5.74, 6) is -1.20. The van der Waals surface area contributed by atoms with Crippen LogP contribution in [0.25, 0.3) is 0 Å². The second-order valence-electron chi connectivity index (χ2n) is 3.52. The Labute approximate surface area is 88.5 Å². The van der Waals surface area contributed by atoms with Gasteiger partial charge < -0.3 is 20.9 Å². The molecule has 0 aromatic carbocycles. The Balaban J connectivity index is 3.99. The molecule has 0 aliphatic heterocycles. The van der Waals surface area contributed by atoms with Crippen LogP contribution in [-0.2, 0) is 4.79 Å². The third-order valence-corrected chi connectivity index (χ3v) is 2.16. The number of carboxylic acids is 1. The number of nitrogens with two attached hydrogens (primary N) is 1. The van der Waals surface area contributed by atoms with E-state index in [1.165, 1.54) is 0 Å². The van der Waals surface area contributed by atoms with Gasteiger partial charge in [-0.2, -0.15) is 5.26 Å². The summed E-state index contributed by atoms with van der Waals surface area (Å²) in [4.78, 5) is 10.8. The zero-order chi connectivity index (χ0) is 11.9. The van der Waals surface area contributed by atoms with Crippen molar-refractivity contribution in [3.05, 3.63) is 0 Å². The van der Waals surface area contributed by atoms with Gasteiger partial charge in [0, 0.05) is 0 Å². The molecule has 0 saturated carbocycles. The number of nitrogens with zero attached hydrogens (tertiary/aromatic N) is 1. The zero-order valence-corrected chi connectivity index (χ0v) is 8.39. The highest BCUT2D eigenvalue weighted by molar-refractivity contribution is 6.40. The van der Waals surface area contributed by atoms with Crippen molar-refractivity contribution < 1.29 is 19.9 Å². The first-order valence-corrected chi connectivity index (χ1v) is 4.68. The van der Waals surface area contributed by atoms with Crippen molar-refractivity contribution in [1.82, 2.24) is 0 Å². The molecule has 0 aromatic heterocycles. The van der Waals surface area contributed by atoms with Crippen LogP contribution in [0, 0.1) is 11.3 Å².